The zero-order chi connectivity index (χ0) is 20.8. The molecule has 0 aromatic heterocycles. The Labute approximate surface area is 177 Å². The molecule has 6 heteroatoms. The van der Waals surface area contributed by atoms with Crippen molar-refractivity contribution in [2.24, 2.45) is 0 Å². The van der Waals surface area contributed by atoms with Gasteiger partial charge in [0, 0.05) is 17.4 Å². The van der Waals surface area contributed by atoms with E-state index in [1.165, 1.54) is 12.0 Å². The van der Waals surface area contributed by atoms with Crippen LogP contribution in [0.1, 0.15) is 53.6 Å². The van der Waals surface area contributed by atoms with E-state index in [0.29, 0.717) is 16.3 Å². The number of hydrogen-bond donors (Lipinski definition) is 3. The lowest BCUT2D eigenvalue weighted by Gasteiger charge is -2.23. The number of aryl methyl sites for hydroxylation is 1. The van der Waals surface area contributed by atoms with Crippen molar-refractivity contribution >= 4 is 34.8 Å². The first-order valence-electron chi connectivity index (χ1n) is 10.1. The summed E-state index contributed by atoms with van der Waals surface area (Å²) in [6.45, 7) is 4.19. The van der Waals surface area contributed by atoms with Crippen molar-refractivity contribution in [3.63, 3.8) is 0 Å². The maximum Gasteiger partial charge on any atom is 0.253 e. The predicted molar refractivity (Wildman–Crippen MR) is 119 cm³/mol. The van der Waals surface area contributed by atoms with Crippen molar-refractivity contribution in [3.05, 3.63) is 58.1 Å². The minimum atomic E-state index is -0.188. The maximum absolute atomic E-state index is 12.6. The Balaban J connectivity index is 1.60. The van der Waals surface area contributed by atoms with Gasteiger partial charge in [-0.1, -0.05) is 43.0 Å². The molecule has 0 bridgehead atoms. The average Bonchev–Trinajstić information content (AvgIpc) is 2.71. The lowest BCUT2D eigenvalue weighted by Crippen LogP contribution is -2.36. The molecule has 3 N–H and O–H groups in total. The Hall–Kier alpha value is -2.53. The summed E-state index contributed by atoms with van der Waals surface area (Å²) in [7, 11) is 0. The van der Waals surface area contributed by atoms with Gasteiger partial charge in [-0.05, 0) is 62.1 Å². The lowest BCUT2D eigenvalue weighted by atomic mass is 9.95. The van der Waals surface area contributed by atoms with E-state index in [0.717, 1.165) is 36.9 Å². The molecule has 29 heavy (non-hydrogen) atoms. The van der Waals surface area contributed by atoms with Crippen LogP contribution in [0.5, 0.6) is 0 Å². The van der Waals surface area contributed by atoms with Crippen molar-refractivity contribution in [2.45, 2.75) is 52.0 Å². The molecule has 2 aromatic rings. The van der Waals surface area contributed by atoms with Gasteiger partial charge >= 0.3 is 0 Å². The monoisotopic (exact) mass is 413 g/mol. The number of nitrogens with one attached hydrogen (secondary N) is 3. The Morgan fingerprint density at radius 1 is 1.07 bits per heavy atom. The van der Waals surface area contributed by atoms with Crippen LogP contribution in [0.25, 0.3) is 0 Å². The highest BCUT2D eigenvalue weighted by atomic mass is 35.5. The molecule has 0 saturated heterocycles. The van der Waals surface area contributed by atoms with E-state index in [1.807, 2.05) is 32.0 Å². The van der Waals surface area contributed by atoms with E-state index in [-0.39, 0.29) is 24.4 Å². The average molecular weight is 414 g/mol. The molecule has 1 aliphatic carbocycles. The van der Waals surface area contributed by atoms with Crippen LogP contribution in [-0.2, 0) is 4.79 Å². The molecular weight excluding hydrogens is 386 g/mol. The topological polar surface area (TPSA) is 70.2 Å². The van der Waals surface area contributed by atoms with Crippen LogP contribution in [0.15, 0.2) is 36.4 Å². The van der Waals surface area contributed by atoms with Crippen molar-refractivity contribution < 1.29 is 9.59 Å². The number of hydrogen-bond acceptors (Lipinski definition) is 3. The molecule has 0 aliphatic heterocycles. The van der Waals surface area contributed by atoms with Crippen LogP contribution in [0.3, 0.4) is 0 Å². The first kappa shape index (κ1) is 21.2. The first-order chi connectivity index (χ1) is 13.9. The SMILES string of the molecule is Cc1cccc(NCC(=O)Nc2ccc(Cl)c(C(=O)NC3CCCCC3)c2)c1C. The second kappa shape index (κ2) is 9.79. The van der Waals surface area contributed by atoms with Crippen molar-refractivity contribution in [1.29, 1.82) is 0 Å². The molecule has 1 saturated carbocycles. The highest BCUT2D eigenvalue weighted by Gasteiger charge is 2.19. The van der Waals surface area contributed by atoms with Crippen LogP contribution in [0.2, 0.25) is 5.02 Å². The number of anilines is 2. The van der Waals surface area contributed by atoms with Gasteiger partial charge in [-0.15, -0.1) is 0 Å². The van der Waals surface area contributed by atoms with Gasteiger partial charge in [0.05, 0.1) is 17.1 Å². The minimum Gasteiger partial charge on any atom is -0.376 e. The number of rotatable bonds is 6. The van der Waals surface area contributed by atoms with Crippen molar-refractivity contribution in [2.75, 3.05) is 17.2 Å². The molecular formula is C23H28ClN3O2. The largest absolute Gasteiger partial charge is 0.376 e. The third-order valence-electron chi connectivity index (χ3n) is 5.48. The summed E-state index contributed by atoms with van der Waals surface area (Å²) in [5.74, 6) is -0.377. The van der Waals surface area contributed by atoms with Crippen LogP contribution >= 0.6 is 11.6 Å². The fourth-order valence-corrected chi connectivity index (χ4v) is 3.81. The van der Waals surface area contributed by atoms with E-state index >= 15 is 0 Å². The molecule has 3 rings (SSSR count). The minimum absolute atomic E-state index is 0.135. The Morgan fingerprint density at radius 2 is 1.83 bits per heavy atom. The van der Waals surface area contributed by atoms with Gasteiger partial charge < -0.3 is 16.0 Å². The second-order valence-electron chi connectivity index (χ2n) is 7.65. The zero-order valence-electron chi connectivity index (χ0n) is 17.0. The predicted octanol–water partition coefficient (Wildman–Crippen LogP) is 5.07. The van der Waals surface area contributed by atoms with Crippen molar-refractivity contribution in [3.8, 4) is 0 Å². The van der Waals surface area contributed by atoms with E-state index in [4.69, 9.17) is 11.6 Å². The molecule has 2 aromatic carbocycles. The summed E-state index contributed by atoms with van der Waals surface area (Å²) in [5.41, 5.74) is 4.16. The van der Waals surface area contributed by atoms with Gasteiger partial charge in [0.15, 0.2) is 0 Å². The Bertz CT molecular complexity index is 892. The summed E-state index contributed by atoms with van der Waals surface area (Å²) in [5, 5.41) is 9.44. The smallest absolute Gasteiger partial charge is 0.253 e. The van der Waals surface area contributed by atoms with Crippen LogP contribution in [-0.4, -0.2) is 24.4 Å². The molecule has 1 aliphatic rings. The molecule has 0 radical (unpaired) electrons. The molecule has 154 valence electrons. The highest BCUT2D eigenvalue weighted by Crippen LogP contribution is 2.23. The van der Waals surface area contributed by atoms with Gasteiger partial charge in [0.1, 0.15) is 0 Å². The fraction of sp³-hybridized carbons (Fsp3) is 0.391. The Kier molecular flexibility index (Phi) is 7.15. The van der Waals surface area contributed by atoms with Gasteiger partial charge in [-0.3, -0.25) is 9.59 Å². The fourth-order valence-electron chi connectivity index (χ4n) is 3.61. The van der Waals surface area contributed by atoms with Gasteiger partial charge in [0.25, 0.3) is 5.91 Å². The second-order valence-corrected chi connectivity index (χ2v) is 8.06. The van der Waals surface area contributed by atoms with E-state index in [1.54, 1.807) is 18.2 Å². The zero-order valence-corrected chi connectivity index (χ0v) is 17.7. The molecule has 5 nitrogen and oxygen atoms in total. The quantitative estimate of drug-likeness (QED) is 0.619. The number of benzene rings is 2. The number of carbonyl (C=O) groups excluding carboxylic acids is 2. The summed E-state index contributed by atoms with van der Waals surface area (Å²) in [6.07, 6.45) is 5.52. The van der Waals surface area contributed by atoms with E-state index < -0.39 is 0 Å². The molecule has 0 spiro atoms. The van der Waals surface area contributed by atoms with Gasteiger partial charge in [0.2, 0.25) is 5.91 Å². The number of amides is 2. The number of halogens is 1. The molecule has 0 heterocycles. The molecule has 0 atom stereocenters. The third-order valence-corrected chi connectivity index (χ3v) is 5.81. The Morgan fingerprint density at radius 3 is 2.59 bits per heavy atom. The summed E-state index contributed by atoms with van der Waals surface area (Å²) < 4.78 is 0. The first-order valence-corrected chi connectivity index (χ1v) is 10.5. The third kappa shape index (κ3) is 5.73. The van der Waals surface area contributed by atoms with Crippen LogP contribution < -0.4 is 16.0 Å². The number of carbonyl (C=O) groups is 2. The van der Waals surface area contributed by atoms with Gasteiger partial charge in [-0.2, -0.15) is 0 Å². The summed E-state index contributed by atoms with van der Waals surface area (Å²) in [6, 6.07) is 11.1. The van der Waals surface area contributed by atoms with E-state index in [2.05, 4.69) is 16.0 Å². The maximum atomic E-state index is 12.6. The molecule has 1 fully saturated rings. The van der Waals surface area contributed by atoms with Crippen LogP contribution in [0, 0.1) is 13.8 Å². The van der Waals surface area contributed by atoms with E-state index in [9.17, 15) is 9.59 Å². The normalized spacial score (nSPS) is 14.3. The van der Waals surface area contributed by atoms with Crippen molar-refractivity contribution in [1.82, 2.24) is 5.32 Å². The molecule has 2 amide bonds. The lowest BCUT2D eigenvalue weighted by molar-refractivity contribution is -0.114. The van der Waals surface area contributed by atoms with Crippen LogP contribution in [0.4, 0.5) is 11.4 Å². The van der Waals surface area contributed by atoms with Gasteiger partial charge in [-0.25, -0.2) is 0 Å². The highest BCUT2D eigenvalue weighted by molar-refractivity contribution is 6.34. The summed E-state index contributed by atoms with van der Waals surface area (Å²) in [4.78, 5) is 25.0. The summed E-state index contributed by atoms with van der Waals surface area (Å²) >= 11 is 6.23. The molecule has 0 unspecified atom stereocenters. The standard InChI is InChI=1S/C23H28ClN3O2/c1-15-7-6-10-21(16(15)2)25-14-22(28)26-18-11-12-20(24)19(13-18)23(29)27-17-8-4-3-5-9-17/h6-7,10-13,17,25H,3-5,8-9,14H2,1-2H3,(H,26,28)(H,27,29).